The molecule has 0 aliphatic rings. The summed E-state index contributed by atoms with van der Waals surface area (Å²) in [6, 6.07) is 2.58. The quantitative estimate of drug-likeness (QED) is 0.784. The molecule has 8 heteroatoms. The van der Waals surface area contributed by atoms with Crippen molar-refractivity contribution >= 4 is 17.2 Å². The van der Waals surface area contributed by atoms with E-state index in [1.54, 1.807) is 6.07 Å². The van der Waals surface area contributed by atoms with Gasteiger partial charge in [0.1, 0.15) is 5.15 Å². The van der Waals surface area contributed by atoms with Crippen LogP contribution in [0.2, 0.25) is 5.15 Å². The predicted molar refractivity (Wildman–Crippen MR) is 70.8 cm³/mol. The van der Waals surface area contributed by atoms with E-state index in [1.807, 2.05) is 0 Å². The van der Waals surface area contributed by atoms with Gasteiger partial charge in [-0.05, 0) is 12.1 Å². The summed E-state index contributed by atoms with van der Waals surface area (Å²) in [6.45, 7) is -0.0428. The van der Waals surface area contributed by atoms with Gasteiger partial charge in [-0.25, -0.2) is 4.98 Å². The first kappa shape index (κ1) is 14.0. The molecule has 3 aromatic heterocycles. The Kier molecular flexibility index (Phi) is 3.18. The van der Waals surface area contributed by atoms with Crippen LogP contribution < -0.4 is 5.73 Å². The van der Waals surface area contributed by atoms with Crippen LogP contribution in [0.5, 0.6) is 0 Å². The summed E-state index contributed by atoms with van der Waals surface area (Å²) in [5.41, 5.74) is 5.37. The molecule has 0 saturated carbocycles. The van der Waals surface area contributed by atoms with Crippen LogP contribution in [0.4, 0.5) is 13.2 Å². The molecule has 3 aromatic rings. The van der Waals surface area contributed by atoms with Crippen LogP contribution in [-0.4, -0.2) is 9.38 Å². The third kappa shape index (κ3) is 2.28. The van der Waals surface area contributed by atoms with E-state index >= 15 is 0 Å². The number of alkyl halides is 3. The van der Waals surface area contributed by atoms with Gasteiger partial charge in [-0.15, -0.1) is 0 Å². The lowest BCUT2D eigenvalue weighted by molar-refractivity contribution is -0.136. The minimum atomic E-state index is -4.55. The molecule has 0 atom stereocenters. The van der Waals surface area contributed by atoms with Crippen LogP contribution in [0.1, 0.15) is 11.3 Å². The normalized spacial score (nSPS) is 12.2. The van der Waals surface area contributed by atoms with E-state index in [0.717, 1.165) is 6.07 Å². The summed E-state index contributed by atoms with van der Waals surface area (Å²) in [7, 11) is 0. The second kappa shape index (κ2) is 4.78. The van der Waals surface area contributed by atoms with Gasteiger partial charge in [0, 0.05) is 23.9 Å². The molecule has 0 spiro atoms. The molecule has 0 amide bonds. The van der Waals surface area contributed by atoms with Crippen LogP contribution in [0.25, 0.3) is 16.8 Å². The van der Waals surface area contributed by atoms with Crippen molar-refractivity contribution in [2.24, 2.45) is 5.73 Å². The number of nitrogens with zero attached hydrogens (tertiary/aromatic N) is 2. The highest BCUT2D eigenvalue weighted by Crippen LogP contribution is 2.36. The molecule has 4 nitrogen and oxygen atoms in total. The number of imidazole rings is 1. The lowest BCUT2D eigenvalue weighted by Crippen LogP contribution is -2.08. The Balaban J connectivity index is 2.36. The fourth-order valence-electron chi connectivity index (χ4n) is 2.09. The number of hydrogen-bond donors (Lipinski definition) is 1. The highest BCUT2D eigenvalue weighted by atomic mass is 35.5. The third-order valence-electron chi connectivity index (χ3n) is 3.08. The summed E-state index contributed by atoms with van der Waals surface area (Å²) in [4.78, 5) is 3.88. The number of halogens is 4. The van der Waals surface area contributed by atoms with Crippen LogP contribution in [0.3, 0.4) is 0 Å². The fourth-order valence-corrected chi connectivity index (χ4v) is 2.34. The van der Waals surface area contributed by atoms with E-state index in [-0.39, 0.29) is 23.0 Å². The minimum absolute atomic E-state index is 0.0428. The summed E-state index contributed by atoms with van der Waals surface area (Å²) in [5.74, 6) is 0. The maximum absolute atomic E-state index is 13.2. The van der Waals surface area contributed by atoms with Gasteiger partial charge in [-0.3, -0.25) is 4.40 Å². The monoisotopic (exact) mass is 315 g/mol. The molecular formula is C13H9ClF3N3O. The molecule has 3 rings (SSSR count). The van der Waals surface area contributed by atoms with Gasteiger partial charge in [0.25, 0.3) is 0 Å². The van der Waals surface area contributed by atoms with Gasteiger partial charge < -0.3 is 10.2 Å². The minimum Gasteiger partial charge on any atom is -0.472 e. The molecule has 3 heterocycles. The zero-order chi connectivity index (χ0) is 15.2. The van der Waals surface area contributed by atoms with E-state index in [4.69, 9.17) is 21.8 Å². The SMILES string of the molecule is NCc1nc2c(C(F)(F)F)cc(-c3ccoc3)cn2c1Cl. The van der Waals surface area contributed by atoms with Crippen molar-refractivity contribution in [2.75, 3.05) is 0 Å². The van der Waals surface area contributed by atoms with Crippen molar-refractivity contribution in [1.82, 2.24) is 9.38 Å². The summed E-state index contributed by atoms with van der Waals surface area (Å²) in [6.07, 6.45) is -0.338. The first-order valence-corrected chi connectivity index (χ1v) is 6.30. The largest absolute Gasteiger partial charge is 0.472 e. The molecule has 0 aliphatic carbocycles. The number of pyridine rings is 1. The first-order valence-electron chi connectivity index (χ1n) is 5.92. The summed E-state index contributed by atoms with van der Waals surface area (Å²) in [5, 5.41) is 0.0725. The highest BCUT2D eigenvalue weighted by molar-refractivity contribution is 6.30. The predicted octanol–water partition coefficient (Wildman–Crippen LogP) is 3.73. The molecule has 0 aliphatic heterocycles. The molecule has 0 unspecified atom stereocenters. The van der Waals surface area contributed by atoms with Gasteiger partial charge in [0.2, 0.25) is 0 Å². The van der Waals surface area contributed by atoms with Gasteiger partial charge in [0.15, 0.2) is 5.65 Å². The number of aromatic nitrogens is 2. The van der Waals surface area contributed by atoms with Crippen molar-refractivity contribution in [1.29, 1.82) is 0 Å². The Hall–Kier alpha value is -1.99. The summed E-state index contributed by atoms with van der Waals surface area (Å²) < 4.78 is 45.8. The second-order valence-corrected chi connectivity index (χ2v) is 4.76. The zero-order valence-corrected chi connectivity index (χ0v) is 11.2. The van der Waals surface area contributed by atoms with Crippen molar-refractivity contribution in [3.63, 3.8) is 0 Å². The molecule has 0 radical (unpaired) electrons. The average Bonchev–Trinajstić information content (AvgIpc) is 3.05. The molecule has 2 N–H and O–H groups in total. The number of hydrogen-bond acceptors (Lipinski definition) is 3. The fraction of sp³-hybridized carbons (Fsp3) is 0.154. The molecule has 0 aromatic carbocycles. The van der Waals surface area contributed by atoms with Crippen molar-refractivity contribution in [2.45, 2.75) is 12.7 Å². The number of nitrogens with two attached hydrogens (primary N) is 1. The highest BCUT2D eigenvalue weighted by Gasteiger charge is 2.35. The molecule has 110 valence electrons. The van der Waals surface area contributed by atoms with Gasteiger partial charge in [-0.2, -0.15) is 13.2 Å². The Morgan fingerprint density at radius 1 is 1.33 bits per heavy atom. The Morgan fingerprint density at radius 2 is 2.10 bits per heavy atom. The van der Waals surface area contributed by atoms with E-state index in [9.17, 15) is 13.2 Å². The lowest BCUT2D eigenvalue weighted by atomic mass is 10.1. The molecule has 21 heavy (non-hydrogen) atoms. The molecule has 0 fully saturated rings. The lowest BCUT2D eigenvalue weighted by Gasteiger charge is -2.10. The number of rotatable bonds is 2. The second-order valence-electron chi connectivity index (χ2n) is 4.40. The molecule has 0 saturated heterocycles. The van der Waals surface area contributed by atoms with Crippen LogP contribution in [-0.2, 0) is 12.7 Å². The van der Waals surface area contributed by atoms with Crippen molar-refractivity contribution < 1.29 is 17.6 Å². The van der Waals surface area contributed by atoms with Gasteiger partial charge >= 0.3 is 6.18 Å². The maximum atomic E-state index is 13.2. The van der Waals surface area contributed by atoms with Gasteiger partial charge in [-0.1, -0.05) is 11.6 Å². The van der Waals surface area contributed by atoms with Crippen LogP contribution >= 0.6 is 11.6 Å². The van der Waals surface area contributed by atoms with E-state index in [2.05, 4.69) is 4.98 Å². The Bertz CT molecular complexity index is 793. The number of furan rings is 1. The van der Waals surface area contributed by atoms with Crippen LogP contribution in [0.15, 0.2) is 35.3 Å². The zero-order valence-electron chi connectivity index (χ0n) is 10.5. The first-order chi connectivity index (χ1) is 9.91. The Labute approximate surface area is 121 Å². The third-order valence-corrected chi connectivity index (χ3v) is 3.48. The van der Waals surface area contributed by atoms with E-state index in [1.165, 1.54) is 23.1 Å². The van der Waals surface area contributed by atoms with E-state index in [0.29, 0.717) is 11.1 Å². The van der Waals surface area contributed by atoms with Crippen molar-refractivity contribution in [3.05, 3.63) is 47.3 Å². The van der Waals surface area contributed by atoms with Crippen molar-refractivity contribution in [3.8, 4) is 11.1 Å². The van der Waals surface area contributed by atoms with E-state index < -0.39 is 11.7 Å². The van der Waals surface area contributed by atoms with Crippen LogP contribution in [0, 0.1) is 0 Å². The molecule has 0 bridgehead atoms. The standard InChI is InChI=1S/C13H9ClF3N3O/c14-11-10(4-18)19-12-9(13(15,16)17)3-8(5-20(11)12)7-1-2-21-6-7/h1-3,5-6H,4,18H2. The Morgan fingerprint density at radius 3 is 2.67 bits per heavy atom. The average molecular weight is 316 g/mol. The topological polar surface area (TPSA) is 56.5 Å². The van der Waals surface area contributed by atoms with Gasteiger partial charge in [0.05, 0.1) is 23.8 Å². The summed E-state index contributed by atoms with van der Waals surface area (Å²) >= 11 is 6.04. The number of fused-ring (bicyclic) bond motifs is 1. The molecular weight excluding hydrogens is 307 g/mol. The smallest absolute Gasteiger partial charge is 0.420 e. The maximum Gasteiger partial charge on any atom is 0.420 e.